The number of aromatic nitrogens is 2. The number of rotatable bonds is 3. The first-order valence-corrected chi connectivity index (χ1v) is 11.6. The summed E-state index contributed by atoms with van der Waals surface area (Å²) in [5.74, 6) is 1.63. The number of hydrogen-bond acceptors (Lipinski definition) is 4. The highest BCUT2D eigenvalue weighted by molar-refractivity contribution is 7.71. The predicted octanol–water partition coefficient (Wildman–Crippen LogP) is 6.84. The Morgan fingerprint density at radius 1 is 1.07 bits per heavy atom. The molecule has 0 amide bonds. The summed E-state index contributed by atoms with van der Waals surface area (Å²) in [6.07, 6.45) is 9.17. The third-order valence-corrected chi connectivity index (χ3v) is 7.38. The van der Waals surface area contributed by atoms with Crippen molar-refractivity contribution in [3.05, 3.63) is 50.3 Å². The Bertz CT molecular complexity index is 997. The lowest BCUT2D eigenvalue weighted by Gasteiger charge is -2.39. The zero-order chi connectivity index (χ0) is 21.5. The molecule has 0 atom stereocenters. The molecule has 0 spiro atoms. The molecule has 0 saturated heterocycles. The van der Waals surface area contributed by atoms with Crippen LogP contribution in [0.2, 0.25) is 0 Å². The Labute approximate surface area is 183 Å². The van der Waals surface area contributed by atoms with Gasteiger partial charge in [0.05, 0.1) is 4.92 Å². The van der Waals surface area contributed by atoms with Crippen molar-refractivity contribution in [1.82, 2.24) is 9.55 Å². The van der Waals surface area contributed by atoms with Crippen LogP contribution in [0.15, 0.2) is 24.3 Å². The maximum Gasteiger partial charge on any atom is 0.269 e. The molecule has 30 heavy (non-hydrogen) atoms. The molecule has 2 aromatic rings. The first kappa shape index (κ1) is 21.2. The van der Waals surface area contributed by atoms with Crippen LogP contribution in [0.5, 0.6) is 0 Å². The molecule has 1 aromatic carbocycles. The van der Waals surface area contributed by atoms with Crippen LogP contribution in [0.3, 0.4) is 0 Å². The molecule has 1 heterocycles. The van der Waals surface area contributed by atoms with E-state index in [1.165, 1.54) is 36.9 Å². The smallest absolute Gasteiger partial charge is 0.269 e. The van der Waals surface area contributed by atoms with Gasteiger partial charge >= 0.3 is 0 Å². The summed E-state index contributed by atoms with van der Waals surface area (Å²) >= 11 is 5.69. The summed E-state index contributed by atoms with van der Waals surface area (Å²) in [6, 6.07) is 7.20. The molecule has 160 valence electrons. The van der Waals surface area contributed by atoms with Gasteiger partial charge in [0.1, 0.15) is 10.5 Å². The molecule has 0 aliphatic heterocycles. The summed E-state index contributed by atoms with van der Waals surface area (Å²) in [4.78, 5) is 15.6. The van der Waals surface area contributed by atoms with Crippen molar-refractivity contribution in [3.63, 3.8) is 0 Å². The molecule has 1 saturated carbocycles. The minimum atomic E-state index is -0.357. The number of benzene rings is 1. The first-order chi connectivity index (χ1) is 14.3. The Morgan fingerprint density at radius 2 is 1.70 bits per heavy atom. The quantitative estimate of drug-likeness (QED) is 0.307. The highest BCUT2D eigenvalue weighted by Crippen LogP contribution is 2.43. The molecule has 1 aromatic heterocycles. The lowest BCUT2D eigenvalue weighted by molar-refractivity contribution is -0.384. The Hall–Kier alpha value is -2.08. The summed E-state index contributed by atoms with van der Waals surface area (Å²) in [5, 5.41) is 11.1. The highest BCUT2D eigenvalue weighted by atomic mass is 32.1. The van der Waals surface area contributed by atoms with Crippen molar-refractivity contribution >= 4 is 17.9 Å². The topological polar surface area (TPSA) is 61.0 Å². The normalized spacial score (nSPS) is 21.8. The van der Waals surface area contributed by atoms with Gasteiger partial charge in [-0.2, -0.15) is 0 Å². The number of hydrogen-bond donors (Lipinski definition) is 0. The summed E-state index contributed by atoms with van der Waals surface area (Å²) in [6.45, 7) is 7.05. The van der Waals surface area contributed by atoms with Crippen molar-refractivity contribution in [2.24, 2.45) is 11.3 Å². The summed E-state index contributed by atoms with van der Waals surface area (Å²) in [7, 11) is 0. The SMILES string of the molecule is CC(C)(C)C1CCC(n2c(-c3ccc([N+](=O)[O-])cc3)nc(=S)c3c2CCCC3)CC1. The van der Waals surface area contributed by atoms with E-state index in [9.17, 15) is 10.1 Å². The van der Waals surface area contributed by atoms with Gasteiger partial charge in [-0.05, 0) is 74.8 Å². The van der Waals surface area contributed by atoms with Crippen molar-refractivity contribution in [1.29, 1.82) is 0 Å². The highest BCUT2D eigenvalue weighted by Gasteiger charge is 2.32. The van der Waals surface area contributed by atoms with E-state index in [0.717, 1.165) is 43.0 Å². The fraction of sp³-hybridized carbons (Fsp3) is 0.583. The van der Waals surface area contributed by atoms with Crippen LogP contribution >= 0.6 is 12.2 Å². The second-order valence-electron chi connectivity index (χ2n) is 9.92. The van der Waals surface area contributed by atoms with Crippen LogP contribution in [0.25, 0.3) is 11.4 Å². The van der Waals surface area contributed by atoms with Gasteiger partial charge < -0.3 is 4.57 Å². The van der Waals surface area contributed by atoms with Crippen LogP contribution in [-0.2, 0) is 12.8 Å². The first-order valence-electron chi connectivity index (χ1n) is 11.1. The maximum absolute atomic E-state index is 11.1. The summed E-state index contributed by atoms with van der Waals surface area (Å²) < 4.78 is 3.17. The summed E-state index contributed by atoms with van der Waals surface area (Å²) in [5.41, 5.74) is 3.97. The molecule has 2 aliphatic carbocycles. The average Bonchev–Trinajstić information content (AvgIpc) is 2.73. The number of nitro benzene ring substituents is 1. The predicted molar refractivity (Wildman–Crippen MR) is 122 cm³/mol. The van der Waals surface area contributed by atoms with Gasteiger partial charge in [-0.1, -0.05) is 33.0 Å². The van der Waals surface area contributed by atoms with Crippen molar-refractivity contribution in [2.75, 3.05) is 0 Å². The van der Waals surface area contributed by atoms with E-state index in [2.05, 4.69) is 25.3 Å². The van der Waals surface area contributed by atoms with Crippen molar-refractivity contribution in [3.8, 4) is 11.4 Å². The molecule has 5 nitrogen and oxygen atoms in total. The zero-order valence-corrected chi connectivity index (χ0v) is 19.0. The third kappa shape index (κ3) is 4.07. The van der Waals surface area contributed by atoms with Gasteiger partial charge in [-0.25, -0.2) is 4.98 Å². The van der Waals surface area contributed by atoms with Gasteiger partial charge in [0, 0.05) is 35.0 Å². The van der Waals surface area contributed by atoms with Crippen LogP contribution in [-0.4, -0.2) is 14.5 Å². The Kier molecular flexibility index (Phi) is 5.80. The van der Waals surface area contributed by atoms with Gasteiger partial charge in [-0.3, -0.25) is 10.1 Å². The average molecular weight is 426 g/mol. The molecule has 0 unspecified atom stereocenters. The van der Waals surface area contributed by atoms with Crippen LogP contribution < -0.4 is 0 Å². The largest absolute Gasteiger partial charge is 0.326 e. The van der Waals surface area contributed by atoms with E-state index < -0.39 is 0 Å². The number of nitrogens with zero attached hydrogens (tertiary/aromatic N) is 3. The van der Waals surface area contributed by atoms with Crippen molar-refractivity contribution < 1.29 is 4.92 Å². The van der Waals surface area contributed by atoms with Gasteiger partial charge in [0.15, 0.2) is 0 Å². The van der Waals surface area contributed by atoms with Crippen LogP contribution in [0.1, 0.15) is 76.6 Å². The van der Waals surface area contributed by atoms with E-state index in [1.807, 2.05) is 12.1 Å². The van der Waals surface area contributed by atoms with Crippen molar-refractivity contribution in [2.45, 2.75) is 78.2 Å². The van der Waals surface area contributed by atoms with Crippen LogP contribution in [0, 0.1) is 26.1 Å². The van der Waals surface area contributed by atoms with Gasteiger partial charge in [-0.15, -0.1) is 0 Å². The zero-order valence-electron chi connectivity index (χ0n) is 18.2. The fourth-order valence-electron chi connectivity index (χ4n) is 5.26. The molecule has 6 heteroatoms. The molecular weight excluding hydrogens is 394 g/mol. The Balaban J connectivity index is 1.78. The molecular formula is C24H31N3O2S. The molecule has 0 N–H and O–H groups in total. The molecule has 1 fully saturated rings. The maximum atomic E-state index is 11.1. The minimum absolute atomic E-state index is 0.104. The van der Waals surface area contributed by atoms with Crippen LogP contribution in [0.4, 0.5) is 5.69 Å². The number of non-ortho nitro benzene ring substituents is 1. The molecule has 0 bridgehead atoms. The second-order valence-corrected chi connectivity index (χ2v) is 10.3. The second kappa shape index (κ2) is 8.22. The van der Waals surface area contributed by atoms with E-state index >= 15 is 0 Å². The van der Waals surface area contributed by atoms with E-state index in [4.69, 9.17) is 17.2 Å². The fourth-order valence-corrected chi connectivity index (χ4v) is 5.57. The Morgan fingerprint density at radius 3 is 2.30 bits per heavy atom. The number of fused-ring (bicyclic) bond motifs is 1. The molecule has 4 rings (SSSR count). The van der Waals surface area contributed by atoms with Gasteiger partial charge in [0.25, 0.3) is 5.69 Å². The lowest BCUT2D eigenvalue weighted by Crippen LogP contribution is -2.29. The standard InChI is InChI=1S/C24H31N3O2S/c1-24(2,3)17-10-14-18(15-11-17)26-21-7-5-4-6-20(21)23(30)25-22(26)16-8-12-19(13-9-16)27(28)29/h8-9,12-13,17-18H,4-7,10-11,14-15H2,1-3H3. The third-order valence-electron chi connectivity index (χ3n) is 7.05. The minimum Gasteiger partial charge on any atom is -0.326 e. The molecule has 0 radical (unpaired) electrons. The van der Waals surface area contributed by atoms with Gasteiger partial charge in [0.2, 0.25) is 0 Å². The number of nitro groups is 1. The molecule has 2 aliphatic rings. The van der Waals surface area contributed by atoms with E-state index in [0.29, 0.717) is 16.1 Å². The van der Waals surface area contributed by atoms with E-state index in [-0.39, 0.29) is 10.6 Å². The monoisotopic (exact) mass is 425 g/mol. The van der Waals surface area contributed by atoms with E-state index in [1.54, 1.807) is 12.1 Å². The lowest BCUT2D eigenvalue weighted by atomic mass is 9.71.